The number of carbonyl (C=O) groups is 1. The van der Waals surface area contributed by atoms with Gasteiger partial charge in [-0.3, -0.25) is 0 Å². The van der Waals surface area contributed by atoms with Gasteiger partial charge < -0.3 is 14.7 Å². The van der Waals surface area contributed by atoms with Crippen molar-refractivity contribution < 1.29 is 13.7 Å². The van der Waals surface area contributed by atoms with Gasteiger partial charge in [-0.15, -0.1) is 0 Å². The Kier molecular flexibility index (Phi) is 4.79. The number of carbonyl (C=O) groups excluding carboxylic acids is 1. The van der Waals surface area contributed by atoms with Gasteiger partial charge >= 0.3 is 6.03 Å². The number of amides is 2. The van der Waals surface area contributed by atoms with Crippen LogP contribution in [0.25, 0.3) is 0 Å². The zero-order valence-electron chi connectivity index (χ0n) is 15.0. The molecule has 25 heavy (non-hydrogen) atoms. The van der Waals surface area contributed by atoms with Crippen LogP contribution < -0.4 is 5.32 Å². The largest absolute Gasteiger partial charge is 0.361 e. The zero-order valence-corrected chi connectivity index (χ0v) is 15.0. The van der Waals surface area contributed by atoms with Crippen LogP contribution in [-0.4, -0.2) is 22.1 Å². The summed E-state index contributed by atoms with van der Waals surface area (Å²) < 4.78 is 19.3. The van der Waals surface area contributed by atoms with Gasteiger partial charge in [0.05, 0.1) is 17.8 Å². The van der Waals surface area contributed by atoms with Gasteiger partial charge in [-0.05, 0) is 46.6 Å². The van der Waals surface area contributed by atoms with E-state index in [1.165, 1.54) is 6.07 Å². The Balaban J connectivity index is 1.79. The molecule has 1 heterocycles. The van der Waals surface area contributed by atoms with Gasteiger partial charge in [0.1, 0.15) is 11.6 Å². The molecule has 1 aliphatic rings. The molecule has 134 valence electrons. The van der Waals surface area contributed by atoms with Crippen molar-refractivity contribution in [3.63, 3.8) is 0 Å². The highest BCUT2D eigenvalue weighted by Gasteiger charge is 2.37. The first kappa shape index (κ1) is 17.5. The molecule has 1 N–H and O–H groups in total. The minimum atomic E-state index is -0.328. The summed E-state index contributed by atoms with van der Waals surface area (Å²) in [5.74, 6) is 0.414. The highest BCUT2D eigenvalue weighted by atomic mass is 19.1. The minimum absolute atomic E-state index is 0.159. The van der Waals surface area contributed by atoms with Crippen molar-refractivity contribution in [2.75, 3.05) is 0 Å². The van der Waals surface area contributed by atoms with E-state index >= 15 is 0 Å². The molecule has 1 saturated carbocycles. The highest BCUT2D eigenvalue weighted by molar-refractivity contribution is 5.76. The Labute approximate surface area is 147 Å². The second-order valence-corrected chi connectivity index (χ2v) is 6.74. The Hall–Kier alpha value is -2.37. The molecule has 1 aliphatic carbocycles. The lowest BCUT2D eigenvalue weighted by Crippen LogP contribution is -2.44. The predicted octanol–water partition coefficient (Wildman–Crippen LogP) is 4.43. The van der Waals surface area contributed by atoms with Crippen LogP contribution in [0, 0.1) is 19.7 Å². The van der Waals surface area contributed by atoms with Crippen molar-refractivity contribution in [3.8, 4) is 0 Å². The average Bonchev–Trinajstić information content (AvgIpc) is 3.32. The standard InChI is InChI=1S/C19H24FN3O2/c1-11(18-12(2)22-25-14(18)4)21-19(24)23(15-9-10-15)13(3)16-7-5-6-8-17(16)20/h5-8,11,13,15H,9-10H2,1-4H3,(H,21,24)/t11-,13+/m1/s1. The Morgan fingerprint density at radius 3 is 2.56 bits per heavy atom. The van der Waals surface area contributed by atoms with Gasteiger partial charge in [0.15, 0.2) is 0 Å². The lowest BCUT2D eigenvalue weighted by atomic mass is 10.1. The smallest absolute Gasteiger partial charge is 0.318 e. The van der Waals surface area contributed by atoms with E-state index in [-0.39, 0.29) is 30.0 Å². The summed E-state index contributed by atoms with van der Waals surface area (Å²) in [6, 6.07) is 6.04. The van der Waals surface area contributed by atoms with Gasteiger partial charge in [0.2, 0.25) is 0 Å². The molecule has 2 amide bonds. The summed E-state index contributed by atoms with van der Waals surface area (Å²) in [7, 11) is 0. The second-order valence-electron chi connectivity index (χ2n) is 6.74. The maximum absolute atomic E-state index is 14.2. The third-order valence-electron chi connectivity index (χ3n) is 4.81. The molecule has 0 unspecified atom stereocenters. The Morgan fingerprint density at radius 2 is 2.00 bits per heavy atom. The first-order valence-electron chi connectivity index (χ1n) is 8.66. The molecule has 6 heteroatoms. The van der Waals surface area contributed by atoms with E-state index in [0.717, 1.165) is 24.1 Å². The lowest BCUT2D eigenvalue weighted by Gasteiger charge is -2.31. The summed E-state index contributed by atoms with van der Waals surface area (Å²) in [6.07, 6.45) is 1.90. The number of nitrogens with one attached hydrogen (secondary N) is 1. The van der Waals surface area contributed by atoms with Crippen LogP contribution in [0.1, 0.15) is 61.4 Å². The van der Waals surface area contributed by atoms with Crippen molar-refractivity contribution in [2.45, 2.75) is 58.7 Å². The normalized spacial score (nSPS) is 16.4. The molecule has 1 aromatic carbocycles. The van der Waals surface area contributed by atoms with Crippen LogP contribution >= 0.6 is 0 Å². The Morgan fingerprint density at radius 1 is 1.32 bits per heavy atom. The lowest BCUT2D eigenvalue weighted by molar-refractivity contribution is 0.170. The topological polar surface area (TPSA) is 58.4 Å². The van der Waals surface area contributed by atoms with E-state index < -0.39 is 0 Å². The van der Waals surface area contributed by atoms with Crippen LogP contribution in [-0.2, 0) is 0 Å². The number of aryl methyl sites for hydroxylation is 2. The van der Waals surface area contributed by atoms with E-state index in [9.17, 15) is 9.18 Å². The third-order valence-corrected chi connectivity index (χ3v) is 4.81. The summed E-state index contributed by atoms with van der Waals surface area (Å²) in [6.45, 7) is 7.47. The molecular weight excluding hydrogens is 321 g/mol. The van der Waals surface area contributed by atoms with Gasteiger partial charge in [-0.2, -0.15) is 0 Å². The van der Waals surface area contributed by atoms with Crippen molar-refractivity contribution in [2.24, 2.45) is 0 Å². The monoisotopic (exact) mass is 345 g/mol. The third kappa shape index (κ3) is 3.52. The van der Waals surface area contributed by atoms with Crippen molar-refractivity contribution >= 4 is 6.03 Å². The predicted molar refractivity (Wildman–Crippen MR) is 92.6 cm³/mol. The quantitative estimate of drug-likeness (QED) is 0.872. The van der Waals surface area contributed by atoms with Crippen molar-refractivity contribution in [3.05, 3.63) is 52.7 Å². The summed E-state index contributed by atoms with van der Waals surface area (Å²) in [5, 5.41) is 6.96. The van der Waals surface area contributed by atoms with Crippen LogP contribution in [0.15, 0.2) is 28.8 Å². The number of urea groups is 1. The molecule has 5 nitrogen and oxygen atoms in total. The molecule has 0 radical (unpaired) electrons. The first-order valence-corrected chi connectivity index (χ1v) is 8.66. The van der Waals surface area contributed by atoms with Gasteiger partial charge in [0, 0.05) is 17.2 Å². The molecule has 1 fully saturated rings. The minimum Gasteiger partial charge on any atom is -0.361 e. The van der Waals surface area contributed by atoms with Gasteiger partial charge in [0.25, 0.3) is 0 Å². The molecule has 0 spiro atoms. The van der Waals surface area contributed by atoms with E-state index in [1.807, 2.05) is 27.7 Å². The van der Waals surface area contributed by atoms with Crippen LogP contribution in [0.3, 0.4) is 0 Å². The van der Waals surface area contributed by atoms with Crippen molar-refractivity contribution in [1.82, 2.24) is 15.4 Å². The van der Waals surface area contributed by atoms with Crippen molar-refractivity contribution in [1.29, 1.82) is 0 Å². The number of halogens is 1. The van der Waals surface area contributed by atoms with Crippen LogP contribution in [0.2, 0.25) is 0 Å². The number of benzene rings is 1. The first-order chi connectivity index (χ1) is 11.9. The number of nitrogens with zero attached hydrogens (tertiary/aromatic N) is 2. The number of rotatable bonds is 5. The summed E-state index contributed by atoms with van der Waals surface area (Å²) >= 11 is 0. The SMILES string of the molecule is Cc1noc(C)c1[C@@H](C)NC(=O)N(C1CC1)[C@@H](C)c1ccccc1F. The molecule has 2 atom stereocenters. The number of aromatic nitrogens is 1. The maximum Gasteiger partial charge on any atom is 0.318 e. The van der Waals surface area contributed by atoms with Crippen LogP contribution in [0.4, 0.5) is 9.18 Å². The number of hydrogen-bond acceptors (Lipinski definition) is 3. The molecule has 2 aromatic rings. The maximum atomic E-state index is 14.2. The number of hydrogen-bond donors (Lipinski definition) is 1. The van der Waals surface area contributed by atoms with Gasteiger partial charge in [-0.25, -0.2) is 9.18 Å². The Bertz CT molecular complexity index is 750. The average molecular weight is 345 g/mol. The highest BCUT2D eigenvalue weighted by Crippen LogP contribution is 2.35. The fraction of sp³-hybridized carbons (Fsp3) is 0.474. The fourth-order valence-electron chi connectivity index (χ4n) is 3.41. The van der Waals surface area contributed by atoms with E-state index in [4.69, 9.17) is 4.52 Å². The van der Waals surface area contributed by atoms with E-state index in [1.54, 1.807) is 23.1 Å². The molecule has 0 bridgehead atoms. The summed E-state index contributed by atoms with van der Waals surface area (Å²) in [4.78, 5) is 14.7. The molecule has 1 aromatic heterocycles. The van der Waals surface area contributed by atoms with E-state index in [2.05, 4.69) is 10.5 Å². The second kappa shape index (κ2) is 6.86. The molecular formula is C19H24FN3O2. The van der Waals surface area contributed by atoms with Crippen LogP contribution in [0.5, 0.6) is 0 Å². The van der Waals surface area contributed by atoms with Gasteiger partial charge in [-0.1, -0.05) is 23.4 Å². The fourth-order valence-corrected chi connectivity index (χ4v) is 3.41. The zero-order chi connectivity index (χ0) is 18.1. The molecule has 3 rings (SSSR count). The molecule has 0 saturated heterocycles. The van der Waals surface area contributed by atoms with E-state index in [0.29, 0.717) is 11.3 Å². The summed E-state index contributed by atoms with van der Waals surface area (Å²) in [5.41, 5.74) is 2.20. The molecule has 0 aliphatic heterocycles.